The SMILES string of the molecule is CC(C)C[C@H](NC(=O)C(N)CO)C(=O)O. The summed E-state index contributed by atoms with van der Waals surface area (Å²) in [7, 11) is 0. The minimum absolute atomic E-state index is 0.150. The van der Waals surface area contributed by atoms with Crippen LogP contribution in [-0.4, -0.2) is 40.8 Å². The first kappa shape index (κ1) is 13.9. The third kappa shape index (κ3) is 5.34. The van der Waals surface area contributed by atoms with Crippen LogP contribution in [0.1, 0.15) is 20.3 Å². The Morgan fingerprint density at radius 2 is 1.93 bits per heavy atom. The van der Waals surface area contributed by atoms with E-state index in [9.17, 15) is 9.59 Å². The zero-order chi connectivity index (χ0) is 12.0. The van der Waals surface area contributed by atoms with Crippen LogP contribution in [0, 0.1) is 5.92 Å². The molecule has 6 nitrogen and oxygen atoms in total. The predicted molar refractivity (Wildman–Crippen MR) is 54.1 cm³/mol. The van der Waals surface area contributed by atoms with Crippen LogP contribution in [0.25, 0.3) is 0 Å². The lowest BCUT2D eigenvalue weighted by atomic mass is 10.0. The van der Waals surface area contributed by atoms with E-state index in [0.29, 0.717) is 6.42 Å². The number of amides is 1. The molecule has 0 fully saturated rings. The van der Waals surface area contributed by atoms with Crippen molar-refractivity contribution in [2.75, 3.05) is 6.61 Å². The summed E-state index contributed by atoms with van der Waals surface area (Å²) in [4.78, 5) is 22.0. The number of hydrogen-bond donors (Lipinski definition) is 4. The topological polar surface area (TPSA) is 113 Å². The van der Waals surface area contributed by atoms with E-state index in [-0.39, 0.29) is 5.92 Å². The third-order valence-corrected chi connectivity index (χ3v) is 1.86. The summed E-state index contributed by atoms with van der Waals surface area (Å²) in [6.45, 7) is 3.21. The van der Waals surface area contributed by atoms with Crippen molar-refractivity contribution in [2.45, 2.75) is 32.4 Å². The summed E-state index contributed by atoms with van der Waals surface area (Å²) < 4.78 is 0. The van der Waals surface area contributed by atoms with Crippen molar-refractivity contribution < 1.29 is 19.8 Å². The molecule has 0 saturated carbocycles. The number of aliphatic hydroxyl groups excluding tert-OH is 1. The summed E-state index contributed by atoms with van der Waals surface area (Å²) in [6, 6.07) is -2.02. The molecule has 1 unspecified atom stereocenters. The molecular weight excluding hydrogens is 200 g/mol. The van der Waals surface area contributed by atoms with Crippen LogP contribution >= 0.6 is 0 Å². The highest BCUT2D eigenvalue weighted by molar-refractivity contribution is 5.86. The number of rotatable bonds is 6. The lowest BCUT2D eigenvalue weighted by Gasteiger charge is -2.18. The van der Waals surface area contributed by atoms with Crippen LogP contribution in [0.2, 0.25) is 0 Å². The van der Waals surface area contributed by atoms with Gasteiger partial charge in [0, 0.05) is 0 Å². The third-order valence-electron chi connectivity index (χ3n) is 1.86. The first-order valence-electron chi connectivity index (χ1n) is 4.78. The molecule has 0 aromatic rings. The minimum Gasteiger partial charge on any atom is -0.480 e. The Kier molecular flexibility index (Phi) is 5.88. The zero-order valence-electron chi connectivity index (χ0n) is 8.93. The second-order valence-electron chi connectivity index (χ2n) is 3.82. The van der Waals surface area contributed by atoms with Gasteiger partial charge in [-0.2, -0.15) is 0 Å². The average Bonchev–Trinajstić information content (AvgIpc) is 2.14. The first-order chi connectivity index (χ1) is 6.88. The Hall–Kier alpha value is -1.14. The van der Waals surface area contributed by atoms with E-state index in [0.717, 1.165) is 0 Å². The molecule has 0 heterocycles. The largest absolute Gasteiger partial charge is 0.480 e. The number of aliphatic hydroxyl groups is 1. The Bertz CT molecular complexity index is 230. The molecule has 0 radical (unpaired) electrons. The van der Waals surface area contributed by atoms with Crippen LogP contribution < -0.4 is 11.1 Å². The molecule has 6 heteroatoms. The summed E-state index contributed by atoms with van der Waals surface area (Å²) in [5, 5.41) is 19.7. The molecule has 15 heavy (non-hydrogen) atoms. The fraction of sp³-hybridized carbons (Fsp3) is 0.778. The summed E-state index contributed by atoms with van der Waals surface area (Å²) >= 11 is 0. The van der Waals surface area contributed by atoms with E-state index >= 15 is 0 Å². The average molecular weight is 218 g/mol. The van der Waals surface area contributed by atoms with Crippen molar-refractivity contribution in [1.29, 1.82) is 0 Å². The predicted octanol–water partition coefficient (Wildman–Crippen LogP) is -1.08. The van der Waals surface area contributed by atoms with Gasteiger partial charge in [0.2, 0.25) is 5.91 Å². The van der Waals surface area contributed by atoms with E-state index in [1.807, 2.05) is 13.8 Å². The normalized spacial score (nSPS) is 14.7. The van der Waals surface area contributed by atoms with Crippen LogP contribution in [-0.2, 0) is 9.59 Å². The summed E-state index contributed by atoms with van der Waals surface area (Å²) in [5.41, 5.74) is 5.24. The van der Waals surface area contributed by atoms with E-state index in [2.05, 4.69) is 5.32 Å². The number of nitrogens with one attached hydrogen (secondary N) is 1. The second kappa shape index (κ2) is 6.36. The van der Waals surface area contributed by atoms with Gasteiger partial charge in [0.25, 0.3) is 0 Å². The van der Waals surface area contributed by atoms with Gasteiger partial charge < -0.3 is 21.3 Å². The van der Waals surface area contributed by atoms with Crippen molar-refractivity contribution in [3.05, 3.63) is 0 Å². The Morgan fingerprint density at radius 3 is 2.27 bits per heavy atom. The second-order valence-corrected chi connectivity index (χ2v) is 3.82. The number of nitrogens with two attached hydrogens (primary N) is 1. The fourth-order valence-corrected chi connectivity index (χ4v) is 1.05. The molecule has 0 aromatic heterocycles. The van der Waals surface area contributed by atoms with Gasteiger partial charge in [-0.05, 0) is 12.3 Å². The van der Waals surface area contributed by atoms with Crippen LogP contribution in [0.15, 0.2) is 0 Å². The molecule has 0 aliphatic rings. The first-order valence-corrected chi connectivity index (χ1v) is 4.78. The monoisotopic (exact) mass is 218 g/mol. The number of aliphatic carboxylic acids is 1. The molecule has 0 spiro atoms. The van der Waals surface area contributed by atoms with E-state index < -0.39 is 30.6 Å². The van der Waals surface area contributed by atoms with E-state index in [4.69, 9.17) is 15.9 Å². The number of carboxylic acid groups (broad SMARTS) is 1. The highest BCUT2D eigenvalue weighted by Gasteiger charge is 2.23. The fourth-order valence-electron chi connectivity index (χ4n) is 1.05. The van der Waals surface area contributed by atoms with Gasteiger partial charge in [-0.25, -0.2) is 4.79 Å². The van der Waals surface area contributed by atoms with Crippen LogP contribution in [0.3, 0.4) is 0 Å². The number of hydrogen-bond acceptors (Lipinski definition) is 4. The highest BCUT2D eigenvalue weighted by atomic mass is 16.4. The molecule has 0 rings (SSSR count). The number of carboxylic acids is 1. The van der Waals surface area contributed by atoms with Gasteiger partial charge in [0.05, 0.1) is 6.61 Å². The Morgan fingerprint density at radius 1 is 1.40 bits per heavy atom. The molecule has 2 atom stereocenters. The standard InChI is InChI=1S/C9H18N2O4/c1-5(2)3-7(9(14)15)11-8(13)6(10)4-12/h5-7,12H,3-4,10H2,1-2H3,(H,11,13)(H,14,15)/t6?,7-/m0/s1. The molecular formula is C9H18N2O4. The van der Waals surface area contributed by atoms with Crippen molar-refractivity contribution >= 4 is 11.9 Å². The van der Waals surface area contributed by atoms with Crippen molar-refractivity contribution in [2.24, 2.45) is 11.7 Å². The van der Waals surface area contributed by atoms with Gasteiger partial charge in [-0.1, -0.05) is 13.8 Å². The summed E-state index contributed by atoms with van der Waals surface area (Å²) in [6.07, 6.45) is 0.333. The molecule has 1 amide bonds. The van der Waals surface area contributed by atoms with Crippen molar-refractivity contribution in [1.82, 2.24) is 5.32 Å². The Balaban J connectivity index is 4.29. The molecule has 0 aliphatic carbocycles. The van der Waals surface area contributed by atoms with E-state index in [1.54, 1.807) is 0 Å². The van der Waals surface area contributed by atoms with Gasteiger partial charge in [0.15, 0.2) is 0 Å². The van der Waals surface area contributed by atoms with Gasteiger partial charge >= 0.3 is 5.97 Å². The van der Waals surface area contributed by atoms with Crippen molar-refractivity contribution in [3.63, 3.8) is 0 Å². The highest BCUT2D eigenvalue weighted by Crippen LogP contribution is 2.04. The quantitative estimate of drug-likeness (QED) is 0.453. The maximum absolute atomic E-state index is 11.2. The van der Waals surface area contributed by atoms with Crippen LogP contribution in [0.5, 0.6) is 0 Å². The van der Waals surface area contributed by atoms with Crippen LogP contribution in [0.4, 0.5) is 0 Å². The van der Waals surface area contributed by atoms with Crippen molar-refractivity contribution in [3.8, 4) is 0 Å². The lowest BCUT2D eigenvalue weighted by molar-refractivity contribution is -0.142. The maximum Gasteiger partial charge on any atom is 0.326 e. The molecule has 0 saturated heterocycles. The van der Waals surface area contributed by atoms with Gasteiger partial charge in [-0.3, -0.25) is 4.79 Å². The maximum atomic E-state index is 11.2. The smallest absolute Gasteiger partial charge is 0.326 e. The van der Waals surface area contributed by atoms with E-state index in [1.165, 1.54) is 0 Å². The zero-order valence-corrected chi connectivity index (χ0v) is 8.93. The number of carbonyl (C=O) groups is 2. The molecule has 0 aliphatic heterocycles. The molecule has 0 aromatic carbocycles. The van der Waals surface area contributed by atoms with Gasteiger partial charge in [0.1, 0.15) is 12.1 Å². The Labute approximate surface area is 88.5 Å². The molecule has 88 valence electrons. The molecule has 0 bridgehead atoms. The minimum atomic E-state index is -1.10. The number of carbonyl (C=O) groups excluding carboxylic acids is 1. The van der Waals surface area contributed by atoms with Gasteiger partial charge in [-0.15, -0.1) is 0 Å². The summed E-state index contributed by atoms with van der Waals surface area (Å²) in [5.74, 6) is -1.59. The lowest BCUT2D eigenvalue weighted by Crippen LogP contribution is -2.50. The molecule has 5 N–H and O–H groups in total.